The van der Waals surface area contributed by atoms with Crippen molar-refractivity contribution in [2.24, 2.45) is 5.92 Å². The number of benzene rings is 1. The van der Waals surface area contributed by atoms with E-state index in [2.05, 4.69) is 23.5 Å². The first-order chi connectivity index (χ1) is 10.5. The normalized spacial score (nSPS) is 12.9. The van der Waals surface area contributed by atoms with Crippen LogP contribution in [0, 0.1) is 18.3 Å². The number of para-hydroxylation sites is 1. The molecule has 1 atom stereocenters. The molecular weight excluding hydrogens is 290 g/mol. The second-order valence-electron chi connectivity index (χ2n) is 5.18. The summed E-state index contributed by atoms with van der Waals surface area (Å²) >= 11 is 1.56. The Bertz CT molecular complexity index is 776. The van der Waals surface area contributed by atoms with Crippen molar-refractivity contribution in [2.75, 3.05) is 5.75 Å². The van der Waals surface area contributed by atoms with Crippen molar-refractivity contribution in [3.05, 3.63) is 53.6 Å². The van der Waals surface area contributed by atoms with Crippen LogP contribution in [0.25, 0.3) is 16.5 Å². The Hall–Kier alpha value is -2.18. The lowest BCUT2D eigenvalue weighted by atomic mass is 10.0. The van der Waals surface area contributed by atoms with E-state index in [1.807, 2.05) is 36.7 Å². The molecule has 1 unspecified atom stereocenters. The van der Waals surface area contributed by atoms with Crippen molar-refractivity contribution in [1.29, 1.82) is 0 Å². The second-order valence-corrected chi connectivity index (χ2v) is 6.04. The third-order valence-electron chi connectivity index (χ3n) is 3.56. The van der Waals surface area contributed by atoms with Crippen LogP contribution in [-0.2, 0) is 4.79 Å². The number of terminal acetylenes is 1. The van der Waals surface area contributed by atoms with Crippen LogP contribution >= 0.6 is 11.8 Å². The smallest absolute Gasteiger partial charge is 0.157 e. The number of rotatable bonds is 6. The highest BCUT2D eigenvalue weighted by atomic mass is 32.2. The maximum Gasteiger partial charge on any atom is 0.157 e. The zero-order valence-corrected chi connectivity index (χ0v) is 13.7. The van der Waals surface area contributed by atoms with Gasteiger partial charge < -0.3 is 4.98 Å². The Morgan fingerprint density at radius 3 is 2.91 bits per heavy atom. The van der Waals surface area contributed by atoms with Crippen LogP contribution in [0.3, 0.4) is 0 Å². The molecule has 0 aliphatic heterocycles. The third kappa shape index (κ3) is 3.52. The van der Waals surface area contributed by atoms with Crippen LogP contribution in [0.1, 0.15) is 19.4 Å². The highest BCUT2D eigenvalue weighted by molar-refractivity contribution is 8.02. The molecule has 3 heteroatoms. The van der Waals surface area contributed by atoms with Crippen LogP contribution in [0.5, 0.6) is 0 Å². The Morgan fingerprint density at radius 1 is 1.50 bits per heavy atom. The summed E-state index contributed by atoms with van der Waals surface area (Å²) in [4.78, 5) is 14.9. The number of aromatic nitrogens is 1. The summed E-state index contributed by atoms with van der Waals surface area (Å²) in [6.45, 7) is 7.57. The molecule has 1 N–H and O–H groups in total. The van der Waals surface area contributed by atoms with Crippen LogP contribution in [0.2, 0.25) is 0 Å². The fraction of sp³-hybridized carbons (Fsp3) is 0.211. The van der Waals surface area contributed by atoms with Crippen molar-refractivity contribution in [3.8, 4) is 12.3 Å². The van der Waals surface area contributed by atoms with Crippen LogP contribution in [-0.4, -0.2) is 16.5 Å². The van der Waals surface area contributed by atoms with E-state index in [-0.39, 0.29) is 11.7 Å². The van der Waals surface area contributed by atoms with E-state index in [4.69, 9.17) is 6.42 Å². The zero-order chi connectivity index (χ0) is 16.1. The Labute approximate surface area is 135 Å². The monoisotopic (exact) mass is 309 g/mol. The lowest BCUT2D eigenvalue weighted by Gasteiger charge is -2.07. The fourth-order valence-electron chi connectivity index (χ4n) is 2.25. The van der Waals surface area contributed by atoms with E-state index in [0.717, 1.165) is 22.4 Å². The highest BCUT2D eigenvalue weighted by Crippen LogP contribution is 2.27. The number of aromatic amines is 1. The van der Waals surface area contributed by atoms with Gasteiger partial charge in [0, 0.05) is 39.9 Å². The molecule has 2 aromatic rings. The van der Waals surface area contributed by atoms with Gasteiger partial charge in [-0.05, 0) is 30.9 Å². The molecule has 2 rings (SSSR count). The summed E-state index contributed by atoms with van der Waals surface area (Å²) in [7, 11) is 0. The average molecular weight is 309 g/mol. The molecule has 112 valence electrons. The molecule has 1 aromatic carbocycles. The molecule has 0 amide bonds. The van der Waals surface area contributed by atoms with Gasteiger partial charge in [0.15, 0.2) is 5.78 Å². The lowest BCUT2D eigenvalue weighted by Crippen LogP contribution is -2.05. The van der Waals surface area contributed by atoms with Crippen molar-refractivity contribution in [2.45, 2.75) is 13.8 Å². The number of hydrogen-bond acceptors (Lipinski definition) is 2. The predicted molar refractivity (Wildman–Crippen MR) is 96.6 cm³/mol. The number of fused-ring (bicyclic) bond motifs is 1. The van der Waals surface area contributed by atoms with Gasteiger partial charge in [-0.2, -0.15) is 0 Å². The molecule has 2 nitrogen and oxygen atoms in total. The first kappa shape index (κ1) is 16.2. The quantitative estimate of drug-likeness (QED) is 0.622. The first-order valence-electron chi connectivity index (χ1n) is 7.07. The van der Waals surface area contributed by atoms with Gasteiger partial charge in [-0.15, -0.1) is 18.2 Å². The molecule has 0 fully saturated rings. The topological polar surface area (TPSA) is 32.9 Å². The van der Waals surface area contributed by atoms with E-state index >= 15 is 0 Å². The van der Waals surface area contributed by atoms with Crippen molar-refractivity contribution < 1.29 is 4.79 Å². The van der Waals surface area contributed by atoms with Gasteiger partial charge >= 0.3 is 0 Å². The number of thioether (sulfide) groups is 1. The number of ketones is 1. The number of Topliss-reactive ketones (excluding diaryl/α,β-unsaturated/α-hetero) is 1. The van der Waals surface area contributed by atoms with Gasteiger partial charge in [0.25, 0.3) is 0 Å². The average Bonchev–Trinajstić information content (AvgIpc) is 2.94. The Morgan fingerprint density at radius 2 is 2.23 bits per heavy atom. The summed E-state index contributed by atoms with van der Waals surface area (Å²) in [5, 5.41) is 3.04. The molecule has 0 aliphatic carbocycles. The molecule has 0 radical (unpaired) electrons. The Balaban J connectivity index is 2.10. The number of carbonyl (C=O) groups is 1. The summed E-state index contributed by atoms with van der Waals surface area (Å²) in [5.74, 6) is 3.19. The minimum Gasteiger partial charge on any atom is -0.361 e. The van der Waals surface area contributed by atoms with Gasteiger partial charge in [-0.25, -0.2) is 0 Å². The molecule has 0 spiro atoms. The van der Waals surface area contributed by atoms with Gasteiger partial charge in [-0.1, -0.05) is 30.7 Å². The molecule has 1 heterocycles. The van der Waals surface area contributed by atoms with Crippen molar-refractivity contribution in [1.82, 2.24) is 4.98 Å². The number of carbonyl (C=O) groups excluding carboxylic acids is 1. The lowest BCUT2D eigenvalue weighted by molar-refractivity contribution is -0.113. The number of H-pyrrole nitrogens is 1. The van der Waals surface area contributed by atoms with Gasteiger partial charge in [0.05, 0.1) is 0 Å². The maximum atomic E-state index is 11.6. The van der Waals surface area contributed by atoms with Crippen LogP contribution < -0.4 is 0 Å². The van der Waals surface area contributed by atoms with E-state index < -0.39 is 0 Å². The third-order valence-corrected chi connectivity index (χ3v) is 4.50. The largest absolute Gasteiger partial charge is 0.361 e. The molecular formula is C19H19NOS. The maximum absolute atomic E-state index is 11.6. The van der Waals surface area contributed by atoms with Crippen LogP contribution in [0.15, 0.2) is 48.0 Å². The molecule has 0 saturated heterocycles. The second kappa shape index (κ2) is 7.20. The minimum absolute atomic E-state index is 0.0238. The molecule has 0 aliphatic rings. The minimum atomic E-state index is -0.161. The standard InChI is InChI=1S/C19H19NOS/c1-5-13(2)18(15(4)21)12-22-11-14(3)17-10-20-19-9-7-6-8-16(17)19/h1,6-10,12-13,20H,3,11H2,2,4H3/b18-12+. The van der Waals surface area contributed by atoms with E-state index in [1.54, 1.807) is 18.7 Å². The fourth-order valence-corrected chi connectivity index (χ4v) is 3.24. The SMILES string of the molecule is C#CC(C)/C(=C\SCC(=C)c1c[nH]c2ccccc12)C(C)=O. The summed E-state index contributed by atoms with van der Waals surface area (Å²) in [5.41, 5.74) is 3.92. The highest BCUT2D eigenvalue weighted by Gasteiger charge is 2.11. The van der Waals surface area contributed by atoms with Crippen molar-refractivity contribution in [3.63, 3.8) is 0 Å². The summed E-state index contributed by atoms with van der Waals surface area (Å²) < 4.78 is 0. The van der Waals surface area contributed by atoms with E-state index in [0.29, 0.717) is 5.57 Å². The predicted octanol–water partition coefficient (Wildman–Crippen LogP) is 4.66. The van der Waals surface area contributed by atoms with E-state index in [9.17, 15) is 4.79 Å². The molecule has 0 saturated carbocycles. The first-order valence-corrected chi connectivity index (χ1v) is 8.12. The van der Waals surface area contributed by atoms with Crippen LogP contribution in [0.4, 0.5) is 0 Å². The van der Waals surface area contributed by atoms with Gasteiger partial charge in [0.1, 0.15) is 0 Å². The molecule has 22 heavy (non-hydrogen) atoms. The Kier molecular flexibility index (Phi) is 5.30. The van der Waals surface area contributed by atoms with Gasteiger partial charge in [-0.3, -0.25) is 4.79 Å². The van der Waals surface area contributed by atoms with Gasteiger partial charge in [0.2, 0.25) is 0 Å². The zero-order valence-electron chi connectivity index (χ0n) is 12.8. The summed E-state index contributed by atoms with van der Waals surface area (Å²) in [6, 6.07) is 8.14. The number of nitrogens with one attached hydrogen (secondary N) is 1. The number of allylic oxidation sites excluding steroid dienone is 1. The van der Waals surface area contributed by atoms with Crippen molar-refractivity contribution >= 4 is 34.0 Å². The molecule has 0 bridgehead atoms. The number of hydrogen-bond donors (Lipinski definition) is 1. The van der Waals surface area contributed by atoms with E-state index in [1.165, 1.54) is 5.39 Å². The summed E-state index contributed by atoms with van der Waals surface area (Å²) in [6.07, 6.45) is 7.39. The molecule has 1 aromatic heterocycles.